The number of benzene rings is 2. The molecule has 2 aromatic carbocycles. The van der Waals surface area contributed by atoms with Crippen molar-refractivity contribution in [1.29, 1.82) is 0 Å². The summed E-state index contributed by atoms with van der Waals surface area (Å²) in [5, 5.41) is 0. The second-order valence-corrected chi connectivity index (χ2v) is 4.71. The third-order valence-corrected chi connectivity index (χ3v) is 3.24. The molecule has 2 aromatic rings. The molecule has 0 aromatic heterocycles. The van der Waals surface area contributed by atoms with Gasteiger partial charge in [0.15, 0.2) is 0 Å². The first-order valence-electron chi connectivity index (χ1n) is 5.76. The third kappa shape index (κ3) is 3.53. The van der Waals surface area contributed by atoms with Gasteiger partial charge in [-0.05, 0) is 24.6 Å². The molecule has 0 bridgehead atoms. The summed E-state index contributed by atoms with van der Waals surface area (Å²) in [5.41, 5.74) is 0. The van der Waals surface area contributed by atoms with E-state index in [1.54, 1.807) is 11.8 Å². The van der Waals surface area contributed by atoms with E-state index < -0.39 is 0 Å². The van der Waals surface area contributed by atoms with Gasteiger partial charge in [-0.2, -0.15) is 0 Å². The van der Waals surface area contributed by atoms with E-state index in [0.29, 0.717) is 0 Å². The average Bonchev–Trinajstić information content (AvgIpc) is 2.39. The van der Waals surface area contributed by atoms with Crippen LogP contribution in [0.2, 0.25) is 0 Å². The van der Waals surface area contributed by atoms with Gasteiger partial charge in [0.2, 0.25) is 0 Å². The lowest BCUT2D eigenvalue weighted by Crippen LogP contribution is -1.96. The molecular weight excluding hydrogens is 228 g/mol. The predicted octanol–water partition coefficient (Wildman–Crippen LogP) is 4.43. The summed E-state index contributed by atoms with van der Waals surface area (Å²) in [7, 11) is 0. The first kappa shape index (κ1) is 12.1. The van der Waals surface area contributed by atoms with Crippen molar-refractivity contribution in [2.24, 2.45) is 0 Å². The Morgan fingerprint density at radius 2 is 1.94 bits per heavy atom. The van der Waals surface area contributed by atoms with E-state index in [0.717, 1.165) is 23.7 Å². The Morgan fingerprint density at radius 1 is 1.12 bits per heavy atom. The minimum atomic E-state index is 0.750. The highest BCUT2D eigenvalue weighted by atomic mass is 32.2. The van der Waals surface area contributed by atoms with Gasteiger partial charge >= 0.3 is 0 Å². The molecule has 87 valence electrons. The van der Waals surface area contributed by atoms with Crippen molar-refractivity contribution in [3.63, 3.8) is 0 Å². The van der Waals surface area contributed by atoms with Crippen LogP contribution in [0.5, 0.6) is 5.75 Å². The van der Waals surface area contributed by atoms with Crippen molar-refractivity contribution in [2.75, 3.05) is 6.61 Å². The summed E-state index contributed by atoms with van der Waals surface area (Å²) in [6, 6.07) is 19.4. The quantitative estimate of drug-likeness (QED) is 0.768. The molecule has 0 N–H and O–H groups in total. The minimum absolute atomic E-state index is 0.750. The smallest absolute Gasteiger partial charge is 0.133 e. The monoisotopic (exact) mass is 243 g/mol. The van der Waals surface area contributed by atoms with Crippen LogP contribution in [0.25, 0.3) is 0 Å². The molecule has 1 nitrogen and oxygen atoms in total. The molecule has 0 heterocycles. The molecule has 0 fully saturated rings. The van der Waals surface area contributed by atoms with Crippen molar-refractivity contribution >= 4 is 11.8 Å². The van der Waals surface area contributed by atoms with E-state index in [4.69, 9.17) is 4.74 Å². The second-order valence-electron chi connectivity index (χ2n) is 3.63. The fraction of sp³-hybridized carbons (Fsp3) is 0.200. The second kappa shape index (κ2) is 6.36. The first-order valence-corrected chi connectivity index (χ1v) is 6.58. The zero-order valence-electron chi connectivity index (χ0n) is 9.85. The lowest BCUT2D eigenvalue weighted by atomic mass is 10.3. The van der Waals surface area contributed by atoms with Gasteiger partial charge < -0.3 is 4.74 Å². The van der Waals surface area contributed by atoms with Crippen LogP contribution < -0.4 is 4.74 Å². The van der Waals surface area contributed by atoms with Gasteiger partial charge in [0.1, 0.15) is 5.75 Å². The maximum Gasteiger partial charge on any atom is 0.133 e. The maximum atomic E-state index is 5.71. The fourth-order valence-electron chi connectivity index (χ4n) is 1.42. The topological polar surface area (TPSA) is 9.23 Å². The van der Waals surface area contributed by atoms with Crippen LogP contribution in [0.3, 0.4) is 0 Å². The van der Waals surface area contributed by atoms with Crippen LogP contribution in [-0.2, 0) is 0 Å². The van der Waals surface area contributed by atoms with E-state index in [1.165, 1.54) is 4.90 Å². The molecule has 17 heavy (non-hydrogen) atoms. The van der Waals surface area contributed by atoms with E-state index in [2.05, 4.69) is 25.1 Å². The van der Waals surface area contributed by atoms with Crippen LogP contribution in [0.1, 0.15) is 13.3 Å². The van der Waals surface area contributed by atoms with Crippen molar-refractivity contribution in [3.8, 4) is 5.75 Å². The maximum absolute atomic E-state index is 5.71. The number of hydrogen-bond donors (Lipinski definition) is 0. The lowest BCUT2D eigenvalue weighted by Gasteiger charge is -2.09. The summed E-state index contributed by atoms with van der Waals surface area (Å²) >= 11 is 1.68. The number of rotatable bonds is 5. The molecule has 0 spiro atoms. The SMILES string of the molecule is CCCOc1ccc[c]c1Sc1ccccc1. The molecule has 0 unspecified atom stereocenters. The predicted molar refractivity (Wildman–Crippen MR) is 71.6 cm³/mol. The normalized spacial score (nSPS) is 10.2. The van der Waals surface area contributed by atoms with Gasteiger partial charge in [-0.1, -0.05) is 49.0 Å². The summed E-state index contributed by atoms with van der Waals surface area (Å²) in [6.45, 7) is 2.86. The Morgan fingerprint density at radius 3 is 2.71 bits per heavy atom. The van der Waals surface area contributed by atoms with E-state index >= 15 is 0 Å². The van der Waals surface area contributed by atoms with Crippen molar-refractivity contribution in [1.82, 2.24) is 0 Å². The van der Waals surface area contributed by atoms with Crippen LogP contribution in [0.15, 0.2) is 58.3 Å². The Labute approximate surface area is 107 Å². The minimum Gasteiger partial charge on any atom is -0.492 e. The van der Waals surface area contributed by atoms with Crippen LogP contribution in [0, 0.1) is 6.07 Å². The van der Waals surface area contributed by atoms with E-state index in [1.807, 2.05) is 36.4 Å². The molecule has 2 rings (SSSR count). The van der Waals surface area contributed by atoms with Crippen LogP contribution in [0.4, 0.5) is 0 Å². The molecule has 0 aliphatic rings. The average molecular weight is 243 g/mol. The molecule has 0 aliphatic carbocycles. The summed E-state index contributed by atoms with van der Waals surface area (Å²) in [4.78, 5) is 2.25. The highest BCUT2D eigenvalue weighted by Crippen LogP contribution is 2.34. The zero-order valence-corrected chi connectivity index (χ0v) is 10.7. The van der Waals surface area contributed by atoms with Gasteiger partial charge in [-0.25, -0.2) is 0 Å². The highest BCUT2D eigenvalue weighted by molar-refractivity contribution is 7.99. The van der Waals surface area contributed by atoms with Gasteiger partial charge in [0, 0.05) is 11.0 Å². The Balaban J connectivity index is 2.15. The Hall–Kier alpha value is -1.41. The van der Waals surface area contributed by atoms with Crippen molar-refractivity contribution < 1.29 is 4.74 Å². The van der Waals surface area contributed by atoms with E-state index in [9.17, 15) is 0 Å². The highest BCUT2D eigenvalue weighted by Gasteiger charge is 2.04. The first-order chi connectivity index (χ1) is 8.40. The molecule has 1 radical (unpaired) electrons. The Bertz CT molecular complexity index is 453. The third-order valence-electron chi connectivity index (χ3n) is 2.21. The van der Waals surface area contributed by atoms with Crippen molar-refractivity contribution in [3.05, 3.63) is 54.6 Å². The number of hydrogen-bond acceptors (Lipinski definition) is 2. The molecule has 2 heteroatoms. The molecule has 0 saturated heterocycles. The van der Waals surface area contributed by atoms with Crippen LogP contribution in [-0.4, -0.2) is 6.61 Å². The lowest BCUT2D eigenvalue weighted by molar-refractivity contribution is 0.310. The summed E-state index contributed by atoms with van der Waals surface area (Å²) in [5.74, 6) is 0.920. The molecule has 0 saturated carbocycles. The van der Waals surface area contributed by atoms with E-state index in [-0.39, 0.29) is 0 Å². The van der Waals surface area contributed by atoms with Gasteiger partial charge in [-0.15, -0.1) is 0 Å². The fourth-order valence-corrected chi connectivity index (χ4v) is 2.30. The summed E-state index contributed by atoms with van der Waals surface area (Å²) < 4.78 is 5.71. The summed E-state index contributed by atoms with van der Waals surface area (Å²) in [6.07, 6.45) is 1.02. The number of ether oxygens (including phenoxy) is 1. The molecule has 0 aliphatic heterocycles. The largest absolute Gasteiger partial charge is 0.492 e. The van der Waals surface area contributed by atoms with Crippen LogP contribution >= 0.6 is 11.8 Å². The zero-order chi connectivity index (χ0) is 11.9. The Kier molecular flexibility index (Phi) is 4.51. The molecular formula is C15H15OS. The van der Waals surface area contributed by atoms with Gasteiger partial charge in [0.05, 0.1) is 11.5 Å². The standard InChI is InChI=1S/C15H15OS/c1-2-12-16-14-10-6-7-11-15(14)17-13-8-4-3-5-9-13/h3-10H,2,12H2,1H3. The molecule has 0 amide bonds. The van der Waals surface area contributed by atoms with Gasteiger partial charge in [-0.3, -0.25) is 0 Å². The molecule has 0 atom stereocenters. The van der Waals surface area contributed by atoms with Crippen molar-refractivity contribution in [2.45, 2.75) is 23.1 Å². The van der Waals surface area contributed by atoms with Gasteiger partial charge in [0.25, 0.3) is 0 Å².